The zero-order valence-electron chi connectivity index (χ0n) is 48.3. The first-order chi connectivity index (χ1) is 42.2. The molecule has 6 aromatic heterocycles. The molecule has 2 amide bonds. The maximum atomic E-state index is 16.1. The number of carbonyl (C=O) groups excluding carboxylic acids is 2. The number of allylic oxidation sites excluding steroid dienone is 1. The maximum Gasteiger partial charge on any atom is 0.246 e. The highest BCUT2D eigenvalue weighted by Gasteiger charge is 2.42. The van der Waals surface area contributed by atoms with E-state index in [9.17, 15) is 14.0 Å². The zero-order chi connectivity index (χ0) is 60.2. The Labute approximate surface area is 496 Å². The van der Waals surface area contributed by atoms with Gasteiger partial charge in [0.05, 0.1) is 73.8 Å². The summed E-state index contributed by atoms with van der Waals surface area (Å²) < 4.78 is 58.3. The summed E-state index contributed by atoms with van der Waals surface area (Å²) in [6.45, 7) is 12.1. The molecule has 2 unspecified atom stereocenters. The van der Waals surface area contributed by atoms with Crippen LogP contribution in [-0.2, 0) is 23.2 Å². The van der Waals surface area contributed by atoms with Gasteiger partial charge in [-0.1, -0.05) is 12.7 Å². The highest BCUT2D eigenvalue weighted by molar-refractivity contribution is 5.91. The van der Waals surface area contributed by atoms with Gasteiger partial charge >= 0.3 is 0 Å². The normalized spacial score (nSPS) is 16.8. The second kappa shape index (κ2) is 22.7. The number of hydrogen-bond donors (Lipinski definition) is 2. The van der Waals surface area contributed by atoms with Crippen molar-refractivity contribution >= 4 is 90.9 Å². The van der Waals surface area contributed by atoms with Crippen LogP contribution in [0.15, 0.2) is 111 Å². The van der Waals surface area contributed by atoms with Gasteiger partial charge < -0.3 is 58.3 Å². The molecule has 3 atom stereocenters. The largest absolute Gasteiger partial charge is 0.494 e. The Morgan fingerprint density at radius 2 is 1.20 bits per heavy atom. The topological polar surface area (TPSA) is 247 Å². The van der Waals surface area contributed by atoms with Crippen LogP contribution in [0.25, 0.3) is 44.1 Å². The summed E-state index contributed by atoms with van der Waals surface area (Å²) in [6.07, 6.45) is 15.6. The molecule has 3 fully saturated rings. The lowest BCUT2D eigenvalue weighted by atomic mass is 10.1. The number of aryl methyl sites for hydroxylation is 3. The van der Waals surface area contributed by atoms with Crippen molar-refractivity contribution < 1.29 is 37.3 Å². The number of benzene rings is 4. The van der Waals surface area contributed by atoms with E-state index in [1.165, 1.54) is 57.5 Å². The predicted octanol–water partition coefficient (Wildman–Crippen LogP) is 9.03. The molecule has 13 rings (SSSR count). The van der Waals surface area contributed by atoms with Crippen LogP contribution in [0, 0.1) is 25.5 Å². The van der Waals surface area contributed by atoms with Crippen LogP contribution in [0.4, 0.5) is 43.7 Å². The molecule has 2 bridgehead atoms. The van der Waals surface area contributed by atoms with Crippen LogP contribution in [0.3, 0.4) is 0 Å². The molecule has 26 heteroatoms. The zero-order valence-corrected chi connectivity index (χ0v) is 48.3. The number of fused-ring (bicyclic) bond motifs is 6. The van der Waals surface area contributed by atoms with Crippen molar-refractivity contribution in [2.75, 3.05) is 67.4 Å². The Bertz CT molecular complexity index is 4410. The second-order valence-corrected chi connectivity index (χ2v) is 21.6. The van der Waals surface area contributed by atoms with Crippen molar-refractivity contribution in [3.8, 4) is 34.5 Å². The van der Waals surface area contributed by atoms with Crippen molar-refractivity contribution in [2.45, 2.75) is 58.3 Å². The van der Waals surface area contributed by atoms with Gasteiger partial charge in [0.2, 0.25) is 23.7 Å². The number of aromatic nitrogens is 12. The number of nitrogens with one attached hydrogen (secondary N) is 2. The van der Waals surface area contributed by atoms with Crippen LogP contribution in [-0.4, -0.2) is 146 Å². The standard InChI is InChI=1S/C61H58F2N18O6/c1-8-52(82)81-36-11-12-37(81)28-79(27-36)61-65-25-47-55(75-61)59(69-30-67-47)73-43-17-34(3)49(23-51(43)85-7)87-39-19-41(63)57-45(21-39)71-32-78(57)13-9-10-53(83)80-15-14-77(26-35(80)4)60-64-24-46-54(74-60)58(68-29-66-46)72-42-16-33(2)48(22-50(42)84-6)86-38-18-40(62)56-44(20-38)70-31-76(56)5/h8-10,16-25,29-32,35-37H,1,11-15,26-28H2,2-7H3,(H,66,68,72)(H,67,69,73)/b10-9+/t35-,36?,37?/m1/s1. The summed E-state index contributed by atoms with van der Waals surface area (Å²) >= 11 is 0. The average molecular weight is 1180 g/mol. The van der Waals surface area contributed by atoms with E-state index in [-0.39, 0.29) is 47.8 Å². The highest BCUT2D eigenvalue weighted by atomic mass is 19.1. The Morgan fingerprint density at radius 3 is 1.76 bits per heavy atom. The van der Waals surface area contributed by atoms with Gasteiger partial charge in [0, 0.05) is 94.8 Å². The fourth-order valence-electron chi connectivity index (χ4n) is 11.7. The fourth-order valence-corrected chi connectivity index (χ4v) is 11.7. The molecule has 3 aliphatic rings. The van der Waals surface area contributed by atoms with Gasteiger partial charge in [0.25, 0.3) is 0 Å². The van der Waals surface area contributed by atoms with Crippen molar-refractivity contribution in [1.82, 2.24) is 68.8 Å². The summed E-state index contributed by atoms with van der Waals surface area (Å²) in [5.41, 5.74) is 6.12. The van der Waals surface area contributed by atoms with Crippen molar-refractivity contribution in [3.05, 3.63) is 134 Å². The van der Waals surface area contributed by atoms with Crippen molar-refractivity contribution in [1.29, 1.82) is 0 Å². The smallest absolute Gasteiger partial charge is 0.246 e. The van der Waals surface area contributed by atoms with E-state index in [0.717, 1.165) is 18.4 Å². The predicted molar refractivity (Wildman–Crippen MR) is 321 cm³/mol. The summed E-state index contributed by atoms with van der Waals surface area (Å²) in [6, 6.07) is 13.0. The van der Waals surface area contributed by atoms with E-state index in [1.807, 2.05) is 42.7 Å². The summed E-state index contributed by atoms with van der Waals surface area (Å²) in [7, 11) is 4.80. The van der Waals surface area contributed by atoms with Gasteiger partial charge in [-0.05, 0) is 62.9 Å². The van der Waals surface area contributed by atoms with E-state index in [1.54, 1.807) is 70.1 Å². The number of halogens is 2. The molecule has 442 valence electrons. The molecular formula is C61H58F2N18O6. The van der Waals surface area contributed by atoms with E-state index in [0.29, 0.717) is 141 Å². The van der Waals surface area contributed by atoms with Gasteiger partial charge in [-0.15, -0.1) is 0 Å². The first-order valence-electron chi connectivity index (χ1n) is 28.1. The summed E-state index contributed by atoms with van der Waals surface area (Å²) in [4.78, 5) is 79.9. The molecule has 0 saturated carbocycles. The molecule has 87 heavy (non-hydrogen) atoms. The Balaban J connectivity index is 0.639. The fraction of sp³-hybridized carbons (Fsp3) is 0.279. The quantitative estimate of drug-likeness (QED) is 0.0856. The average Bonchev–Trinajstić information content (AvgIpc) is 3.88. The Hall–Kier alpha value is -10.7. The van der Waals surface area contributed by atoms with Gasteiger partial charge in [-0.25, -0.2) is 58.6 Å². The lowest BCUT2D eigenvalue weighted by Gasteiger charge is -2.40. The monoisotopic (exact) mass is 1180 g/mol. The molecule has 0 spiro atoms. The number of carbonyl (C=O) groups is 2. The number of hydrogen-bond acceptors (Lipinski definition) is 20. The first kappa shape index (κ1) is 55.5. The van der Waals surface area contributed by atoms with Crippen LogP contribution >= 0.6 is 0 Å². The van der Waals surface area contributed by atoms with Crippen molar-refractivity contribution in [3.63, 3.8) is 0 Å². The third-order valence-electron chi connectivity index (χ3n) is 16.0. The van der Waals surface area contributed by atoms with Crippen LogP contribution < -0.4 is 39.4 Å². The molecule has 3 aliphatic heterocycles. The number of imidazole rings is 2. The number of amides is 2. The van der Waals surface area contributed by atoms with E-state index in [4.69, 9.17) is 28.9 Å². The Morgan fingerprint density at radius 1 is 0.644 bits per heavy atom. The van der Waals surface area contributed by atoms with Crippen molar-refractivity contribution in [2.24, 2.45) is 7.05 Å². The third kappa shape index (κ3) is 10.6. The molecule has 10 aromatic rings. The molecule has 2 N–H and O–H groups in total. The van der Waals surface area contributed by atoms with E-state index in [2.05, 4.69) is 62.0 Å². The number of nitrogens with zero attached hydrogens (tertiary/aromatic N) is 16. The van der Waals surface area contributed by atoms with Crippen LogP contribution in [0.5, 0.6) is 34.5 Å². The number of anilines is 6. The Kier molecular flexibility index (Phi) is 14.5. The van der Waals surface area contributed by atoms with E-state index >= 15 is 4.39 Å². The molecular weight excluding hydrogens is 1120 g/mol. The first-order valence-corrected chi connectivity index (χ1v) is 28.1. The summed E-state index contributed by atoms with van der Waals surface area (Å²) in [5, 5.41) is 6.72. The van der Waals surface area contributed by atoms with Gasteiger partial charge in [-0.3, -0.25) is 9.59 Å². The minimum Gasteiger partial charge on any atom is -0.494 e. The van der Waals surface area contributed by atoms with Crippen LogP contribution in [0.1, 0.15) is 30.9 Å². The van der Waals surface area contributed by atoms with Gasteiger partial charge in [0.1, 0.15) is 80.3 Å². The molecule has 4 aromatic carbocycles. The SMILES string of the molecule is C=CC(=O)N1C2CCC1CN(c1ncc3ncnc(Nc4cc(C)c(Oc5cc(F)c6c(c5)ncn6C/C=C/C(=O)N5CCN(c6ncc7ncnc(Nc8cc(C)c(Oc9cc(F)c%10c(c9)ncn%10C)cc8OC)c7n6)C[C@H]5C)cc4OC)c3n1)C2. The second-order valence-electron chi connectivity index (χ2n) is 21.6. The lowest BCUT2D eigenvalue weighted by molar-refractivity contribution is -0.129. The molecule has 24 nitrogen and oxygen atoms in total. The lowest BCUT2D eigenvalue weighted by Crippen LogP contribution is -2.55. The number of ether oxygens (including phenoxy) is 4. The minimum absolute atomic E-state index is 0.0513. The highest BCUT2D eigenvalue weighted by Crippen LogP contribution is 2.41. The molecule has 0 radical (unpaired) electrons. The minimum atomic E-state index is -0.556. The molecule has 0 aliphatic carbocycles. The number of methoxy groups -OCH3 is 2. The van der Waals surface area contributed by atoms with E-state index < -0.39 is 11.6 Å². The third-order valence-corrected chi connectivity index (χ3v) is 16.0. The maximum absolute atomic E-state index is 16.1. The molecule has 9 heterocycles. The van der Waals surface area contributed by atoms with Gasteiger partial charge in [-0.2, -0.15) is 0 Å². The number of piperazine rings is 2. The summed E-state index contributed by atoms with van der Waals surface area (Å²) in [5.74, 6) is 2.84. The molecule has 3 saturated heterocycles. The number of rotatable bonds is 16. The van der Waals surface area contributed by atoms with Crippen LogP contribution in [0.2, 0.25) is 0 Å². The van der Waals surface area contributed by atoms with Gasteiger partial charge in [0.15, 0.2) is 23.3 Å².